The van der Waals surface area contributed by atoms with E-state index in [2.05, 4.69) is 5.16 Å². The second-order valence-corrected chi connectivity index (χ2v) is 5.07. The zero-order chi connectivity index (χ0) is 16.2. The van der Waals surface area contributed by atoms with Crippen molar-refractivity contribution in [3.63, 3.8) is 0 Å². The molecular weight excluding hydrogens is 296 g/mol. The van der Waals surface area contributed by atoms with Crippen LogP contribution in [0.2, 0.25) is 0 Å². The minimum absolute atomic E-state index is 0.0585. The zero-order valence-electron chi connectivity index (χ0n) is 12.4. The van der Waals surface area contributed by atoms with Crippen LogP contribution in [0.1, 0.15) is 11.3 Å². The Morgan fingerprint density at radius 1 is 1.17 bits per heavy atom. The Morgan fingerprint density at radius 2 is 1.96 bits per heavy atom. The van der Waals surface area contributed by atoms with Crippen LogP contribution in [-0.2, 0) is 6.61 Å². The number of nitro benzene ring substituents is 1. The van der Waals surface area contributed by atoms with Crippen molar-refractivity contribution in [2.45, 2.75) is 13.5 Å². The third-order valence-electron chi connectivity index (χ3n) is 3.30. The van der Waals surface area contributed by atoms with Crippen molar-refractivity contribution in [2.24, 2.45) is 0 Å². The molecule has 0 amide bonds. The largest absolute Gasteiger partial charge is 0.480 e. The van der Waals surface area contributed by atoms with Gasteiger partial charge >= 0.3 is 5.69 Å². The first-order chi connectivity index (χ1) is 11.1. The Hall–Kier alpha value is -3.15. The maximum absolute atomic E-state index is 11.1. The summed E-state index contributed by atoms with van der Waals surface area (Å²) in [4.78, 5) is 10.6. The van der Waals surface area contributed by atoms with E-state index in [9.17, 15) is 10.1 Å². The Bertz CT molecular complexity index is 828. The molecule has 0 spiro atoms. The molecule has 0 unspecified atom stereocenters. The van der Waals surface area contributed by atoms with Crippen molar-refractivity contribution >= 4 is 5.69 Å². The molecule has 0 atom stereocenters. The average molecular weight is 310 g/mol. The third kappa shape index (κ3) is 3.37. The van der Waals surface area contributed by atoms with Gasteiger partial charge in [-0.15, -0.1) is 0 Å². The van der Waals surface area contributed by atoms with Gasteiger partial charge in [-0.1, -0.05) is 41.6 Å². The highest BCUT2D eigenvalue weighted by Gasteiger charge is 2.16. The fourth-order valence-electron chi connectivity index (χ4n) is 2.16. The number of rotatable bonds is 5. The van der Waals surface area contributed by atoms with E-state index in [1.165, 1.54) is 6.07 Å². The first-order valence-corrected chi connectivity index (χ1v) is 7.02. The lowest BCUT2D eigenvalue weighted by atomic mass is 10.2. The summed E-state index contributed by atoms with van der Waals surface area (Å²) < 4.78 is 10.8. The van der Waals surface area contributed by atoms with Gasteiger partial charge in [-0.05, 0) is 18.6 Å². The molecule has 0 saturated heterocycles. The van der Waals surface area contributed by atoms with E-state index in [-0.39, 0.29) is 18.0 Å². The molecule has 0 aliphatic heterocycles. The lowest BCUT2D eigenvalue weighted by Gasteiger charge is -2.05. The van der Waals surface area contributed by atoms with Gasteiger partial charge in [0, 0.05) is 17.7 Å². The van der Waals surface area contributed by atoms with Gasteiger partial charge in [0.05, 0.1) is 4.92 Å². The molecule has 0 fully saturated rings. The van der Waals surface area contributed by atoms with Crippen LogP contribution in [0.5, 0.6) is 5.75 Å². The lowest BCUT2D eigenvalue weighted by molar-refractivity contribution is -0.386. The average Bonchev–Trinajstić information content (AvgIpc) is 3.03. The number of hydrogen-bond acceptors (Lipinski definition) is 5. The standard InChI is InChI=1S/C17H14N2O4/c1-12-7-8-16(15(9-12)19(20)21)22-11-14-10-17(23-18-14)13-5-3-2-4-6-13/h2-10H,11H2,1H3. The third-order valence-corrected chi connectivity index (χ3v) is 3.30. The van der Waals surface area contributed by atoms with Crippen LogP contribution in [-0.4, -0.2) is 10.1 Å². The van der Waals surface area contributed by atoms with E-state index in [1.807, 2.05) is 30.3 Å². The Balaban J connectivity index is 1.75. The molecule has 0 saturated carbocycles. The van der Waals surface area contributed by atoms with E-state index in [0.717, 1.165) is 11.1 Å². The van der Waals surface area contributed by atoms with Gasteiger partial charge < -0.3 is 9.26 Å². The van der Waals surface area contributed by atoms with Gasteiger partial charge in [0.15, 0.2) is 11.5 Å². The highest BCUT2D eigenvalue weighted by Crippen LogP contribution is 2.28. The molecule has 0 aliphatic rings. The predicted molar refractivity (Wildman–Crippen MR) is 84.1 cm³/mol. The van der Waals surface area contributed by atoms with Crippen molar-refractivity contribution in [3.8, 4) is 17.1 Å². The SMILES string of the molecule is Cc1ccc(OCc2cc(-c3ccccc3)on2)c([N+](=O)[O-])c1. The van der Waals surface area contributed by atoms with Crippen molar-refractivity contribution < 1.29 is 14.2 Å². The number of nitrogens with zero attached hydrogens (tertiary/aromatic N) is 2. The highest BCUT2D eigenvalue weighted by atomic mass is 16.6. The molecule has 6 heteroatoms. The zero-order valence-corrected chi connectivity index (χ0v) is 12.4. The number of hydrogen-bond donors (Lipinski definition) is 0. The number of aryl methyl sites for hydroxylation is 1. The van der Waals surface area contributed by atoms with Gasteiger partial charge in [0.1, 0.15) is 12.3 Å². The lowest BCUT2D eigenvalue weighted by Crippen LogP contribution is -1.99. The molecule has 0 bridgehead atoms. The summed E-state index contributed by atoms with van der Waals surface area (Å²) in [7, 11) is 0. The summed E-state index contributed by atoms with van der Waals surface area (Å²) in [6.45, 7) is 1.89. The van der Waals surface area contributed by atoms with Crippen LogP contribution in [0.25, 0.3) is 11.3 Å². The minimum atomic E-state index is -0.458. The van der Waals surface area contributed by atoms with Crippen LogP contribution in [0.3, 0.4) is 0 Å². The van der Waals surface area contributed by atoms with E-state index < -0.39 is 4.92 Å². The van der Waals surface area contributed by atoms with Gasteiger partial charge in [-0.2, -0.15) is 0 Å². The fraction of sp³-hybridized carbons (Fsp3) is 0.118. The summed E-state index contributed by atoms with van der Waals surface area (Å²) in [5, 5.41) is 15.0. The first-order valence-electron chi connectivity index (χ1n) is 7.02. The highest BCUT2D eigenvalue weighted by molar-refractivity contribution is 5.56. The molecule has 3 rings (SSSR count). The molecule has 0 aliphatic carbocycles. The second kappa shape index (κ2) is 6.31. The number of nitro groups is 1. The monoisotopic (exact) mass is 310 g/mol. The quantitative estimate of drug-likeness (QED) is 0.523. The molecule has 116 valence electrons. The van der Waals surface area contributed by atoms with E-state index in [0.29, 0.717) is 11.5 Å². The molecule has 0 N–H and O–H groups in total. The molecule has 6 nitrogen and oxygen atoms in total. The summed E-state index contributed by atoms with van der Waals surface area (Å²) in [6, 6.07) is 16.1. The van der Waals surface area contributed by atoms with Crippen LogP contribution in [0.4, 0.5) is 5.69 Å². The fourth-order valence-corrected chi connectivity index (χ4v) is 2.16. The Kier molecular flexibility index (Phi) is 4.05. The van der Waals surface area contributed by atoms with Crippen molar-refractivity contribution in [2.75, 3.05) is 0 Å². The molecule has 1 heterocycles. The number of aromatic nitrogens is 1. The normalized spacial score (nSPS) is 10.5. The van der Waals surface area contributed by atoms with Crippen LogP contribution >= 0.6 is 0 Å². The molecule has 0 radical (unpaired) electrons. The van der Waals surface area contributed by atoms with E-state index in [1.54, 1.807) is 25.1 Å². The van der Waals surface area contributed by atoms with Gasteiger partial charge in [-0.3, -0.25) is 10.1 Å². The van der Waals surface area contributed by atoms with E-state index >= 15 is 0 Å². The summed E-state index contributed by atoms with van der Waals surface area (Å²) >= 11 is 0. The second-order valence-electron chi connectivity index (χ2n) is 5.07. The van der Waals surface area contributed by atoms with Crippen molar-refractivity contribution in [3.05, 3.63) is 76.0 Å². The van der Waals surface area contributed by atoms with Crippen LogP contribution in [0.15, 0.2) is 59.1 Å². The maximum atomic E-state index is 11.1. The van der Waals surface area contributed by atoms with Gasteiger partial charge in [0.2, 0.25) is 0 Å². The Labute approximate surface area is 132 Å². The summed E-state index contributed by atoms with van der Waals surface area (Å²) in [5.41, 5.74) is 2.22. The molecular formula is C17H14N2O4. The Morgan fingerprint density at radius 3 is 2.70 bits per heavy atom. The predicted octanol–water partition coefficient (Wildman–Crippen LogP) is 4.14. The van der Waals surface area contributed by atoms with E-state index in [4.69, 9.17) is 9.26 Å². The van der Waals surface area contributed by atoms with Crippen LogP contribution < -0.4 is 4.74 Å². The topological polar surface area (TPSA) is 78.4 Å². The minimum Gasteiger partial charge on any atom is -0.480 e. The van der Waals surface area contributed by atoms with Crippen molar-refractivity contribution in [1.29, 1.82) is 0 Å². The molecule has 3 aromatic rings. The first kappa shape index (κ1) is 14.8. The molecule has 2 aromatic carbocycles. The van der Waals surface area contributed by atoms with Crippen LogP contribution in [0, 0.1) is 17.0 Å². The van der Waals surface area contributed by atoms with Gasteiger partial charge in [-0.25, -0.2) is 0 Å². The summed E-state index contributed by atoms with van der Waals surface area (Å²) in [6.07, 6.45) is 0. The number of benzene rings is 2. The van der Waals surface area contributed by atoms with Gasteiger partial charge in [0.25, 0.3) is 0 Å². The van der Waals surface area contributed by atoms with Crippen molar-refractivity contribution in [1.82, 2.24) is 5.16 Å². The molecule has 1 aromatic heterocycles. The molecule has 23 heavy (non-hydrogen) atoms. The smallest absolute Gasteiger partial charge is 0.311 e. The maximum Gasteiger partial charge on any atom is 0.311 e. The number of ether oxygens (including phenoxy) is 1. The summed E-state index contributed by atoms with van der Waals surface area (Å²) in [5.74, 6) is 0.840.